The Hall–Kier alpha value is -1.51. The first kappa shape index (κ1) is 11.6. The van der Waals surface area contributed by atoms with Crippen LogP contribution in [0.2, 0.25) is 10.0 Å². The lowest BCUT2D eigenvalue weighted by molar-refractivity contribution is -0.110. The number of allylic oxidation sites excluding steroid dienone is 5. The number of anilines is 1. The number of rotatable bonds is 1. The quantitative estimate of drug-likeness (QED) is 0.766. The molecular weight excluding hydrogens is 269 g/mol. The van der Waals surface area contributed by atoms with Gasteiger partial charge < -0.3 is 5.32 Å². The largest absolute Gasteiger partial charge is 0.320 e. The van der Waals surface area contributed by atoms with E-state index in [4.69, 9.17) is 23.2 Å². The van der Waals surface area contributed by atoms with Gasteiger partial charge in [0.05, 0.1) is 10.7 Å². The van der Waals surface area contributed by atoms with E-state index in [1.165, 1.54) is 0 Å². The van der Waals surface area contributed by atoms with Crippen LogP contribution in [0.4, 0.5) is 5.69 Å². The van der Waals surface area contributed by atoms with Gasteiger partial charge in [0.1, 0.15) is 0 Å². The summed E-state index contributed by atoms with van der Waals surface area (Å²) in [5.74, 6) is -0.137. The number of hydrogen-bond acceptors (Lipinski definition) is 1. The number of nitrogens with one attached hydrogen (secondary N) is 1. The van der Waals surface area contributed by atoms with E-state index in [1.807, 2.05) is 24.3 Å². The molecule has 0 aromatic heterocycles. The Labute approximate surface area is 115 Å². The van der Waals surface area contributed by atoms with E-state index in [0.717, 1.165) is 17.6 Å². The zero-order valence-electron chi connectivity index (χ0n) is 9.34. The number of halogens is 2. The molecule has 1 heterocycles. The van der Waals surface area contributed by atoms with E-state index in [1.54, 1.807) is 12.1 Å². The number of carbonyl (C=O) groups is 1. The summed E-state index contributed by atoms with van der Waals surface area (Å²) in [6.07, 6.45) is 8.74. The Balaban J connectivity index is 2.11. The summed E-state index contributed by atoms with van der Waals surface area (Å²) in [6.45, 7) is 0. The zero-order chi connectivity index (χ0) is 12.7. The van der Waals surface area contributed by atoms with Crippen LogP contribution in [0.1, 0.15) is 12.0 Å². The predicted molar refractivity (Wildman–Crippen MR) is 74.9 cm³/mol. The molecule has 0 atom stereocenters. The minimum atomic E-state index is -0.137. The zero-order valence-corrected chi connectivity index (χ0v) is 10.8. The van der Waals surface area contributed by atoms with Crippen molar-refractivity contribution in [3.63, 3.8) is 0 Å². The number of fused-ring (bicyclic) bond motifs is 1. The molecule has 3 rings (SSSR count). The van der Waals surface area contributed by atoms with Crippen molar-refractivity contribution < 1.29 is 4.79 Å². The molecule has 1 aromatic rings. The topological polar surface area (TPSA) is 29.1 Å². The maximum Gasteiger partial charge on any atom is 0.256 e. The van der Waals surface area contributed by atoms with Gasteiger partial charge >= 0.3 is 0 Å². The van der Waals surface area contributed by atoms with E-state index in [0.29, 0.717) is 21.3 Å². The van der Waals surface area contributed by atoms with Crippen molar-refractivity contribution in [2.45, 2.75) is 6.42 Å². The van der Waals surface area contributed by atoms with Gasteiger partial charge in [-0.05, 0) is 30.2 Å². The lowest BCUT2D eigenvalue weighted by Gasteiger charge is -2.02. The number of benzene rings is 1. The molecule has 0 unspecified atom stereocenters. The molecule has 0 spiro atoms. The van der Waals surface area contributed by atoms with Gasteiger partial charge in [0, 0.05) is 16.2 Å². The summed E-state index contributed by atoms with van der Waals surface area (Å²) >= 11 is 12.0. The van der Waals surface area contributed by atoms with E-state index in [2.05, 4.69) is 5.32 Å². The van der Waals surface area contributed by atoms with Crippen LogP contribution in [-0.2, 0) is 4.79 Å². The molecule has 1 amide bonds. The molecule has 0 radical (unpaired) electrons. The third-order valence-electron chi connectivity index (χ3n) is 2.96. The second-order valence-corrected chi connectivity index (χ2v) is 5.04. The number of hydrogen-bond donors (Lipinski definition) is 1. The van der Waals surface area contributed by atoms with Gasteiger partial charge in [0.2, 0.25) is 0 Å². The highest BCUT2D eigenvalue weighted by Gasteiger charge is 2.26. The summed E-state index contributed by atoms with van der Waals surface area (Å²) in [6, 6.07) is 3.39. The van der Waals surface area contributed by atoms with Crippen molar-refractivity contribution >= 4 is 40.4 Å². The Morgan fingerprint density at radius 1 is 1.28 bits per heavy atom. The molecule has 0 saturated carbocycles. The lowest BCUT2D eigenvalue weighted by Crippen LogP contribution is -2.04. The first-order chi connectivity index (χ1) is 8.65. The molecular formula is C14H9Cl2NO. The van der Waals surface area contributed by atoms with Gasteiger partial charge in [-0.2, -0.15) is 0 Å². The fraction of sp³-hybridized carbons (Fsp3) is 0.0714. The van der Waals surface area contributed by atoms with Crippen LogP contribution in [0.3, 0.4) is 0 Å². The molecule has 2 aliphatic rings. The Morgan fingerprint density at radius 2 is 2.11 bits per heavy atom. The summed E-state index contributed by atoms with van der Waals surface area (Å²) < 4.78 is 0. The highest BCUT2D eigenvalue weighted by molar-refractivity contribution is 6.41. The average Bonchev–Trinajstić information content (AvgIpc) is 2.91. The molecule has 1 aliphatic heterocycles. The fourth-order valence-corrected chi connectivity index (χ4v) is 2.66. The van der Waals surface area contributed by atoms with Crippen LogP contribution in [0.25, 0.3) is 5.57 Å². The van der Waals surface area contributed by atoms with Crippen LogP contribution in [0, 0.1) is 0 Å². The maximum atomic E-state index is 12.0. The number of amides is 1. The number of carbonyl (C=O) groups excluding carboxylic acids is 1. The van der Waals surface area contributed by atoms with E-state index >= 15 is 0 Å². The van der Waals surface area contributed by atoms with Crippen LogP contribution < -0.4 is 5.32 Å². The summed E-state index contributed by atoms with van der Waals surface area (Å²) in [4.78, 5) is 12.0. The minimum Gasteiger partial charge on any atom is -0.320 e. The van der Waals surface area contributed by atoms with Crippen molar-refractivity contribution in [1.29, 1.82) is 0 Å². The smallest absolute Gasteiger partial charge is 0.256 e. The van der Waals surface area contributed by atoms with E-state index < -0.39 is 0 Å². The molecule has 4 heteroatoms. The van der Waals surface area contributed by atoms with Gasteiger partial charge in [-0.15, -0.1) is 0 Å². The average molecular weight is 278 g/mol. The SMILES string of the molecule is O=C1Nc2c(Cl)cc(Cl)cc2/C1=C/C1=CC=CC1. The molecule has 1 aromatic carbocycles. The molecule has 2 nitrogen and oxygen atoms in total. The van der Waals surface area contributed by atoms with Crippen LogP contribution in [0.5, 0.6) is 0 Å². The normalized spacial score (nSPS) is 19.1. The molecule has 0 fully saturated rings. The van der Waals surface area contributed by atoms with Gasteiger partial charge in [0.25, 0.3) is 5.91 Å². The van der Waals surface area contributed by atoms with Crippen molar-refractivity contribution in [3.05, 3.63) is 57.6 Å². The van der Waals surface area contributed by atoms with Crippen molar-refractivity contribution in [2.24, 2.45) is 0 Å². The van der Waals surface area contributed by atoms with Crippen LogP contribution in [0.15, 0.2) is 42.0 Å². The van der Waals surface area contributed by atoms with E-state index in [9.17, 15) is 4.79 Å². The summed E-state index contributed by atoms with van der Waals surface area (Å²) in [7, 11) is 0. The van der Waals surface area contributed by atoms with Crippen molar-refractivity contribution in [2.75, 3.05) is 5.32 Å². The van der Waals surface area contributed by atoms with Gasteiger partial charge in [-0.3, -0.25) is 4.79 Å². The Bertz CT molecular complexity index is 641. The Morgan fingerprint density at radius 3 is 2.83 bits per heavy atom. The second kappa shape index (κ2) is 4.30. The van der Waals surface area contributed by atoms with Gasteiger partial charge in [0.15, 0.2) is 0 Å². The molecule has 18 heavy (non-hydrogen) atoms. The summed E-state index contributed by atoms with van der Waals surface area (Å²) in [5, 5.41) is 3.76. The minimum absolute atomic E-state index is 0.137. The fourth-order valence-electron chi connectivity index (χ4n) is 2.12. The Kier molecular flexibility index (Phi) is 2.77. The predicted octanol–water partition coefficient (Wildman–Crippen LogP) is 4.22. The maximum absolute atomic E-state index is 12.0. The third-order valence-corrected chi connectivity index (χ3v) is 3.47. The van der Waals surface area contributed by atoms with Crippen LogP contribution >= 0.6 is 23.2 Å². The van der Waals surface area contributed by atoms with Gasteiger partial charge in [-0.25, -0.2) is 0 Å². The van der Waals surface area contributed by atoms with Crippen molar-refractivity contribution in [1.82, 2.24) is 0 Å². The molecule has 90 valence electrons. The standard InChI is InChI=1S/C14H9Cl2NO/c15-9-6-10-11(5-8-3-1-2-4-8)14(18)17-13(10)12(16)7-9/h1-3,5-7H,4H2,(H,17,18)/b11-5-. The highest BCUT2D eigenvalue weighted by atomic mass is 35.5. The highest BCUT2D eigenvalue weighted by Crippen LogP contribution is 2.40. The monoisotopic (exact) mass is 277 g/mol. The third kappa shape index (κ3) is 1.88. The van der Waals surface area contributed by atoms with Gasteiger partial charge in [-0.1, -0.05) is 41.4 Å². The molecule has 1 aliphatic carbocycles. The van der Waals surface area contributed by atoms with E-state index in [-0.39, 0.29) is 5.91 Å². The lowest BCUT2D eigenvalue weighted by atomic mass is 10.0. The first-order valence-electron chi connectivity index (χ1n) is 5.53. The first-order valence-corrected chi connectivity index (χ1v) is 6.29. The molecule has 0 bridgehead atoms. The van der Waals surface area contributed by atoms with Crippen molar-refractivity contribution in [3.8, 4) is 0 Å². The second-order valence-electron chi connectivity index (χ2n) is 4.20. The molecule has 0 saturated heterocycles. The summed E-state index contributed by atoms with van der Waals surface area (Å²) in [5.41, 5.74) is 3.13. The van der Waals surface area contributed by atoms with Crippen LogP contribution in [-0.4, -0.2) is 5.91 Å². The molecule has 1 N–H and O–H groups in total.